The molecular formula is C16H24N3O3+. The normalized spacial score (nSPS) is 17.0. The molecule has 1 aliphatic heterocycles. The Balaban J connectivity index is 2.00. The number of aliphatic carboxylic acids is 1. The average molecular weight is 306 g/mol. The maximum absolute atomic E-state index is 12.2. The molecule has 1 fully saturated rings. The Kier molecular flexibility index (Phi) is 5.51. The van der Waals surface area contributed by atoms with Gasteiger partial charge in [0, 0.05) is 5.69 Å². The number of carboxylic acid groups (broad SMARTS) is 1. The number of anilines is 1. The zero-order chi connectivity index (χ0) is 16.1. The molecule has 1 saturated heterocycles. The summed E-state index contributed by atoms with van der Waals surface area (Å²) in [5.74, 6) is -1.42. The minimum Gasteiger partial charge on any atom is -0.544 e. The number of nitrogens with two attached hydrogens (primary N) is 1. The van der Waals surface area contributed by atoms with Crippen LogP contribution in [0.4, 0.5) is 5.69 Å². The number of hydrogen-bond acceptors (Lipinski definition) is 3. The molecule has 1 aromatic carbocycles. The van der Waals surface area contributed by atoms with Crippen molar-refractivity contribution < 1.29 is 24.9 Å². The lowest BCUT2D eigenvalue weighted by Crippen LogP contribution is -3.24. The van der Waals surface area contributed by atoms with Crippen LogP contribution in [0.1, 0.15) is 17.5 Å². The van der Waals surface area contributed by atoms with Gasteiger partial charge in [-0.05, 0) is 25.5 Å². The van der Waals surface area contributed by atoms with E-state index in [0.717, 1.165) is 47.9 Å². The van der Waals surface area contributed by atoms with Crippen LogP contribution in [0.2, 0.25) is 0 Å². The molecule has 1 aliphatic rings. The predicted molar refractivity (Wildman–Crippen MR) is 80.3 cm³/mol. The number of carbonyl (C=O) groups excluding carboxylic acids is 2. The molecule has 22 heavy (non-hydrogen) atoms. The summed E-state index contributed by atoms with van der Waals surface area (Å²) in [6, 6.07) is 4.97. The number of rotatable bonds is 5. The van der Waals surface area contributed by atoms with Gasteiger partial charge in [-0.3, -0.25) is 4.79 Å². The number of carboxylic acids is 1. The van der Waals surface area contributed by atoms with Gasteiger partial charge in [0.1, 0.15) is 32.2 Å². The summed E-state index contributed by atoms with van der Waals surface area (Å²) >= 11 is 0. The van der Waals surface area contributed by atoms with E-state index in [1.165, 1.54) is 0 Å². The molecule has 1 heterocycles. The summed E-state index contributed by atoms with van der Waals surface area (Å²) in [5, 5.41) is 16.3. The van der Waals surface area contributed by atoms with E-state index in [0.29, 0.717) is 0 Å². The molecule has 4 N–H and O–H groups in total. The van der Waals surface area contributed by atoms with Gasteiger partial charge in [-0.25, -0.2) is 0 Å². The number of quaternary nitrogens is 2. The van der Waals surface area contributed by atoms with E-state index in [1.807, 2.05) is 32.0 Å². The lowest BCUT2D eigenvalue weighted by atomic mass is 10.1. The van der Waals surface area contributed by atoms with Crippen molar-refractivity contribution in [2.75, 3.05) is 31.5 Å². The molecule has 0 aliphatic carbocycles. The highest BCUT2D eigenvalue weighted by molar-refractivity contribution is 5.94. The molecule has 0 saturated carbocycles. The number of carbonyl (C=O) groups is 2. The summed E-state index contributed by atoms with van der Waals surface area (Å²) in [4.78, 5) is 24.5. The fourth-order valence-electron chi connectivity index (χ4n) is 2.93. The van der Waals surface area contributed by atoms with E-state index < -0.39 is 12.0 Å². The second kappa shape index (κ2) is 7.38. The molecule has 1 amide bonds. The van der Waals surface area contributed by atoms with E-state index in [1.54, 1.807) is 0 Å². The second-order valence-corrected chi connectivity index (χ2v) is 5.97. The van der Waals surface area contributed by atoms with E-state index in [4.69, 9.17) is 0 Å². The van der Waals surface area contributed by atoms with Gasteiger partial charge in [-0.1, -0.05) is 17.7 Å². The molecular weight excluding hydrogens is 282 g/mol. The summed E-state index contributed by atoms with van der Waals surface area (Å²) in [5.41, 5.74) is 2.82. The van der Waals surface area contributed by atoms with Crippen LogP contribution in [0.25, 0.3) is 0 Å². The number of hydrogen-bond donors (Lipinski definition) is 3. The first kappa shape index (κ1) is 16.5. The Bertz CT molecular complexity index is 554. The number of amides is 1. The first-order chi connectivity index (χ1) is 10.5. The smallest absolute Gasteiger partial charge is 0.230 e. The largest absolute Gasteiger partial charge is 0.544 e. The Labute approximate surface area is 130 Å². The van der Waals surface area contributed by atoms with Crippen LogP contribution in [0.15, 0.2) is 18.2 Å². The fraction of sp³-hybridized carbons (Fsp3) is 0.500. The Hall–Kier alpha value is -1.92. The maximum atomic E-state index is 12.2. The first-order valence-corrected chi connectivity index (χ1v) is 7.71. The van der Waals surface area contributed by atoms with Crippen molar-refractivity contribution in [1.29, 1.82) is 0 Å². The number of piperazine rings is 1. The van der Waals surface area contributed by atoms with Crippen LogP contribution in [0, 0.1) is 13.8 Å². The third kappa shape index (κ3) is 4.29. The lowest BCUT2D eigenvalue weighted by Gasteiger charge is -2.30. The molecule has 0 unspecified atom stereocenters. The van der Waals surface area contributed by atoms with Crippen LogP contribution in [-0.2, 0) is 9.59 Å². The molecule has 0 aromatic heterocycles. The van der Waals surface area contributed by atoms with Gasteiger partial charge in [0.25, 0.3) is 0 Å². The van der Waals surface area contributed by atoms with Gasteiger partial charge in [-0.2, -0.15) is 0 Å². The first-order valence-electron chi connectivity index (χ1n) is 7.71. The second-order valence-electron chi connectivity index (χ2n) is 5.97. The summed E-state index contributed by atoms with van der Waals surface area (Å²) in [6.07, 6.45) is -0.0506. The third-order valence-corrected chi connectivity index (χ3v) is 4.16. The molecule has 2 rings (SSSR count). The van der Waals surface area contributed by atoms with E-state index >= 15 is 0 Å². The van der Waals surface area contributed by atoms with Crippen LogP contribution in [0.5, 0.6) is 0 Å². The Morgan fingerprint density at radius 3 is 2.59 bits per heavy atom. The van der Waals surface area contributed by atoms with Crippen molar-refractivity contribution >= 4 is 17.6 Å². The molecule has 1 atom stereocenters. The highest BCUT2D eigenvalue weighted by Gasteiger charge is 2.29. The topological polar surface area (TPSA) is 90.3 Å². The van der Waals surface area contributed by atoms with Crippen molar-refractivity contribution in [1.82, 2.24) is 0 Å². The van der Waals surface area contributed by atoms with E-state index in [2.05, 4.69) is 10.6 Å². The molecule has 6 nitrogen and oxygen atoms in total. The van der Waals surface area contributed by atoms with E-state index in [-0.39, 0.29) is 12.3 Å². The van der Waals surface area contributed by atoms with Crippen LogP contribution < -0.4 is 20.6 Å². The quantitative estimate of drug-likeness (QED) is 0.549. The molecule has 1 aromatic rings. The highest BCUT2D eigenvalue weighted by Crippen LogP contribution is 2.16. The Morgan fingerprint density at radius 1 is 1.32 bits per heavy atom. The SMILES string of the molecule is Cc1ccc(NC(=O)C[C@@H](C(=O)[O-])[NH+]2CC[NH2+]CC2)c(C)c1. The molecule has 0 spiro atoms. The van der Waals surface area contributed by atoms with Crippen molar-refractivity contribution in [3.63, 3.8) is 0 Å². The van der Waals surface area contributed by atoms with Gasteiger partial charge in [0.2, 0.25) is 5.91 Å². The van der Waals surface area contributed by atoms with E-state index in [9.17, 15) is 14.7 Å². The van der Waals surface area contributed by atoms with Crippen molar-refractivity contribution in [2.24, 2.45) is 0 Å². The van der Waals surface area contributed by atoms with Gasteiger partial charge in [0.15, 0.2) is 0 Å². The third-order valence-electron chi connectivity index (χ3n) is 4.16. The van der Waals surface area contributed by atoms with Gasteiger partial charge < -0.3 is 25.4 Å². The summed E-state index contributed by atoms with van der Waals surface area (Å²) in [6.45, 7) is 7.17. The maximum Gasteiger partial charge on any atom is 0.230 e. The van der Waals surface area contributed by atoms with Gasteiger partial charge >= 0.3 is 0 Å². The van der Waals surface area contributed by atoms with Gasteiger partial charge in [0.05, 0.1) is 12.4 Å². The predicted octanol–water partition coefficient (Wildman–Crippen LogP) is -2.79. The minimum absolute atomic E-state index is 0.0506. The zero-order valence-electron chi connectivity index (χ0n) is 13.1. The molecule has 120 valence electrons. The van der Waals surface area contributed by atoms with Crippen molar-refractivity contribution in [3.05, 3.63) is 29.3 Å². The summed E-state index contributed by atoms with van der Waals surface area (Å²) in [7, 11) is 0. The number of aryl methyl sites for hydroxylation is 2. The number of benzene rings is 1. The zero-order valence-corrected chi connectivity index (χ0v) is 13.1. The lowest BCUT2D eigenvalue weighted by molar-refractivity contribution is -0.961. The van der Waals surface area contributed by atoms with Crippen molar-refractivity contribution in [3.8, 4) is 0 Å². The highest BCUT2D eigenvalue weighted by atomic mass is 16.4. The fourth-order valence-corrected chi connectivity index (χ4v) is 2.93. The van der Waals surface area contributed by atoms with Crippen LogP contribution in [0.3, 0.4) is 0 Å². The van der Waals surface area contributed by atoms with Crippen molar-refractivity contribution in [2.45, 2.75) is 26.3 Å². The van der Waals surface area contributed by atoms with Gasteiger partial charge in [-0.15, -0.1) is 0 Å². The summed E-state index contributed by atoms with van der Waals surface area (Å²) < 4.78 is 0. The van der Waals surface area contributed by atoms with Crippen LogP contribution >= 0.6 is 0 Å². The average Bonchev–Trinajstić information content (AvgIpc) is 2.48. The molecule has 6 heteroatoms. The molecule has 0 radical (unpaired) electrons. The standard InChI is InChI=1S/C16H23N3O3/c1-11-3-4-13(12(2)9-11)18-15(20)10-14(16(21)22)19-7-5-17-6-8-19/h3-4,9,14,17H,5-8,10H2,1-2H3,(H,18,20)(H,21,22)/p+1/t14-/m0/s1. The number of nitrogens with one attached hydrogen (secondary N) is 2. The Morgan fingerprint density at radius 2 is 2.00 bits per heavy atom. The monoisotopic (exact) mass is 306 g/mol. The van der Waals surface area contributed by atoms with Crippen LogP contribution in [-0.4, -0.2) is 44.1 Å². The minimum atomic E-state index is -1.15. The molecule has 0 bridgehead atoms.